The number of hydrogen-bond donors (Lipinski definition) is 1. The third-order valence-corrected chi connectivity index (χ3v) is 5.87. The van der Waals surface area contributed by atoms with E-state index in [-0.39, 0.29) is 16.6 Å². The predicted octanol–water partition coefficient (Wildman–Crippen LogP) is 1.22. The highest BCUT2D eigenvalue weighted by atomic mass is 32.2. The monoisotopic (exact) mass is 343 g/mol. The maximum atomic E-state index is 12.8. The van der Waals surface area contributed by atoms with E-state index in [1.54, 1.807) is 0 Å². The van der Waals surface area contributed by atoms with Crippen molar-refractivity contribution in [3.8, 4) is 5.75 Å². The van der Waals surface area contributed by atoms with Crippen LogP contribution in [0.5, 0.6) is 5.75 Å². The first kappa shape index (κ1) is 17.6. The molecule has 9 heteroatoms. The van der Waals surface area contributed by atoms with Crippen LogP contribution in [0.3, 0.4) is 0 Å². The Morgan fingerprint density at radius 2 is 2.22 bits per heavy atom. The molecule has 1 aromatic carbocycles. The van der Waals surface area contributed by atoms with E-state index in [2.05, 4.69) is 5.32 Å². The van der Waals surface area contributed by atoms with Crippen LogP contribution >= 0.6 is 0 Å². The first-order chi connectivity index (χ1) is 10.9. The van der Waals surface area contributed by atoms with Gasteiger partial charge in [0, 0.05) is 13.1 Å². The van der Waals surface area contributed by atoms with E-state index in [0.29, 0.717) is 13.1 Å². The van der Waals surface area contributed by atoms with Crippen molar-refractivity contribution in [2.75, 3.05) is 33.8 Å². The standard InChI is InChI=1S/C14H21N3O5S/c1-15-9-11-4-3-7-16(10-11)23(20,21)14-6-5-12(22-2)8-13(14)17(18)19/h5-6,8,11,15H,3-4,7,9-10H2,1-2H3. The molecule has 0 amide bonds. The molecular formula is C14H21N3O5S. The summed E-state index contributed by atoms with van der Waals surface area (Å²) in [6, 6.07) is 3.81. The highest BCUT2D eigenvalue weighted by Gasteiger charge is 2.34. The molecule has 1 N–H and O–H groups in total. The zero-order valence-electron chi connectivity index (χ0n) is 13.2. The maximum absolute atomic E-state index is 12.8. The van der Waals surface area contributed by atoms with Crippen molar-refractivity contribution in [2.24, 2.45) is 5.92 Å². The molecule has 0 radical (unpaired) electrons. The number of nitrogens with one attached hydrogen (secondary N) is 1. The van der Waals surface area contributed by atoms with Gasteiger partial charge in [-0.1, -0.05) is 0 Å². The van der Waals surface area contributed by atoms with Crippen LogP contribution in [0.25, 0.3) is 0 Å². The number of ether oxygens (including phenoxy) is 1. The molecule has 1 aliphatic rings. The molecule has 1 aromatic rings. The minimum Gasteiger partial charge on any atom is -0.497 e. The topological polar surface area (TPSA) is 102 Å². The summed E-state index contributed by atoms with van der Waals surface area (Å²) >= 11 is 0. The molecule has 8 nitrogen and oxygen atoms in total. The van der Waals surface area contributed by atoms with Crippen molar-refractivity contribution in [3.05, 3.63) is 28.3 Å². The Kier molecular flexibility index (Phi) is 5.55. The van der Waals surface area contributed by atoms with Gasteiger partial charge in [-0.2, -0.15) is 4.31 Å². The molecule has 1 unspecified atom stereocenters. The van der Waals surface area contributed by atoms with Crippen LogP contribution in [-0.2, 0) is 10.0 Å². The van der Waals surface area contributed by atoms with Gasteiger partial charge in [0.25, 0.3) is 5.69 Å². The number of rotatable bonds is 6. The predicted molar refractivity (Wildman–Crippen MR) is 85.1 cm³/mol. The number of hydrogen-bond acceptors (Lipinski definition) is 6. The first-order valence-corrected chi connectivity index (χ1v) is 8.81. The number of sulfonamides is 1. The molecule has 0 saturated carbocycles. The lowest BCUT2D eigenvalue weighted by molar-refractivity contribution is -0.387. The number of nitro groups is 1. The van der Waals surface area contributed by atoms with Crippen LogP contribution in [0.4, 0.5) is 5.69 Å². The van der Waals surface area contributed by atoms with E-state index in [1.165, 1.54) is 23.5 Å². The van der Waals surface area contributed by atoms with Gasteiger partial charge < -0.3 is 10.1 Å². The minimum absolute atomic E-state index is 0.209. The molecule has 0 aromatic heterocycles. The largest absolute Gasteiger partial charge is 0.497 e. The van der Waals surface area contributed by atoms with Crippen LogP contribution in [0.15, 0.2) is 23.1 Å². The van der Waals surface area contributed by atoms with Crippen LogP contribution in [0.2, 0.25) is 0 Å². The number of methoxy groups -OCH3 is 1. The zero-order chi connectivity index (χ0) is 17.0. The second kappa shape index (κ2) is 7.24. The Labute approximate surface area is 135 Å². The number of nitro benzene ring substituents is 1. The Hall–Kier alpha value is -1.71. The normalized spacial score (nSPS) is 19.5. The van der Waals surface area contributed by atoms with Gasteiger partial charge in [0.1, 0.15) is 5.75 Å². The van der Waals surface area contributed by atoms with Crippen molar-refractivity contribution in [1.29, 1.82) is 0 Å². The number of nitrogens with zero attached hydrogens (tertiary/aromatic N) is 2. The fourth-order valence-corrected chi connectivity index (χ4v) is 4.52. The Bertz CT molecular complexity index is 675. The lowest BCUT2D eigenvalue weighted by atomic mass is 10.00. The summed E-state index contributed by atoms with van der Waals surface area (Å²) in [6.07, 6.45) is 1.69. The van der Waals surface area contributed by atoms with Crippen LogP contribution < -0.4 is 10.1 Å². The van der Waals surface area contributed by atoms with Gasteiger partial charge in [0.05, 0.1) is 18.1 Å². The van der Waals surface area contributed by atoms with E-state index < -0.39 is 20.6 Å². The second-order valence-corrected chi connectivity index (χ2v) is 7.43. The summed E-state index contributed by atoms with van der Waals surface area (Å²) in [6.45, 7) is 1.47. The number of benzene rings is 1. The van der Waals surface area contributed by atoms with Gasteiger partial charge >= 0.3 is 0 Å². The SMILES string of the molecule is CNCC1CCCN(S(=O)(=O)c2ccc(OC)cc2[N+](=O)[O-])C1. The average molecular weight is 343 g/mol. The molecule has 0 bridgehead atoms. The summed E-state index contributed by atoms with van der Waals surface area (Å²) in [5.41, 5.74) is -0.458. The summed E-state index contributed by atoms with van der Waals surface area (Å²) in [5.74, 6) is 0.461. The lowest BCUT2D eigenvalue weighted by Crippen LogP contribution is -2.42. The second-order valence-electron chi connectivity index (χ2n) is 5.52. The maximum Gasteiger partial charge on any atom is 0.293 e. The first-order valence-electron chi connectivity index (χ1n) is 7.37. The van der Waals surface area contributed by atoms with E-state index in [4.69, 9.17) is 4.74 Å². The smallest absolute Gasteiger partial charge is 0.293 e. The fraction of sp³-hybridized carbons (Fsp3) is 0.571. The summed E-state index contributed by atoms with van der Waals surface area (Å²) in [5, 5.41) is 14.3. The molecule has 1 heterocycles. The Balaban J connectivity index is 2.37. The molecule has 23 heavy (non-hydrogen) atoms. The van der Waals surface area contributed by atoms with Crippen molar-refractivity contribution in [1.82, 2.24) is 9.62 Å². The van der Waals surface area contributed by atoms with Crippen molar-refractivity contribution < 1.29 is 18.1 Å². The van der Waals surface area contributed by atoms with Gasteiger partial charge in [-0.3, -0.25) is 10.1 Å². The molecule has 1 saturated heterocycles. The van der Waals surface area contributed by atoms with Gasteiger partial charge in [-0.25, -0.2) is 8.42 Å². The molecule has 1 atom stereocenters. The van der Waals surface area contributed by atoms with Crippen LogP contribution in [0.1, 0.15) is 12.8 Å². The van der Waals surface area contributed by atoms with Gasteiger partial charge in [0.2, 0.25) is 10.0 Å². The quantitative estimate of drug-likeness (QED) is 0.615. The summed E-state index contributed by atoms with van der Waals surface area (Å²) in [4.78, 5) is 10.3. The highest BCUT2D eigenvalue weighted by Crippen LogP contribution is 2.32. The molecule has 0 aliphatic carbocycles. The highest BCUT2D eigenvalue weighted by molar-refractivity contribution is 7.89. The van der Waals surface area contributed by atoms with Crippen molar-refractivity contribution >= 4 is 15.7 Å². The van der Waals surface area contributed by atoms with Gasteiger partial charge in [0.15, 0.2) is 4.90 Å². The zero-order valence-corrected chi connectivity index (χ0v) is 14.0. The molecule has 2 rings (SSSR count). The van der Waals surface area contributed by atoms with Gasteiger partial charge in [-0.15, -0.1) is 0 Å². The van der Waals surface area contributed by atoms with Crippen LogP contribution in [0, 0.1) is 16.0 Å². The van der Waals surface area contributed by atoms with Gasteiger partial charge in [-0.05, 0) is 44.5 Å². The third-order valence-electron chi connectivity index (χ3n) is 3.96. The Morgan fingerprint density at radius 1 is 1.48 bits per heavy atom. The van der Waals surface area contributed by atoms with E-state index in [9.17, 15) is 18.5 Å². The Morgan fingerprint density at radius 3 is 2.83 bits per heavy atom. The van der Waals surface area contributed by atoms with E-state index >= 15 is 0 Å². The molecule has 128 valence electrons. The summed E-state index contributed by atoms with van der Waals surface area (Å²) < 4.78 is 31.9. The van der Waals surface area contributed by atoms with Crippen molar-refractivity contribution in [2.45, 2.75) is 17.7 Å². The average Bonchev–Trinajstić information content (AvgIpc) is 2.54. The molecular weight excluding hydrogens is 322 g/mol. The lowest BCUT2D eigenvalue weighted by Gasteiger charge is -2.31. The van der Waals surface area contributed by atoms with Crippen LogP contribution in [-0.4, -0.2) is 51.4 Å². The third kappa shape index (κ3) is 3.80. The molecule has 0 spiro atoms. The van der Waals surface area contributed by atoms with E-state index in [0.717, 1.165) is 25.5 Å². The minimum atomic E-state index is -3.91. The van der Waals surface area contributed by atoms with Crippen molar-refractivity contribution in [3.63, 3.8) is 0 Å². The molecule has 1 aliphatic heterocycles. The molecule has 1 fully saturated rings. The summed E-state index contributed by atoms with van der Waals surface area (Å²) in [7, 11) is -0.709. The number of piperidine rings is 1. The van der Waals surface area contributed by atoms with E-state index in [1.807, 2.05) is 7.05 Å². The fourth-order valence-electron chi connectivity index (χ4n) is 2.82.